The molecule has 4 heterocycles. The molecule has 2 aromatic heterocycles. The SMILES string of the molecule is Cn1cnc(NC(=O)N2c3nc(C(=O)NCC(F)(F)F)ccc3N3CC[C@H]2C3)cc1=O. The molecule has 2 aliphatic rings. The fraction of sp³-hybridized carbons (Fsp3) is 0.389. The largest absolute Gasteiger partial charge is 0.405 e. The number of hydrogen-bond acceptors (Lipinski definition) is 6. The molecule has 1 saturated heterocycles. The second-order valence-electron chi connectivity index (χ2n) is 7.25. The smallest absolute Gasteiger partial charge is 0.366 e. The Labute approximate surface area is 173 Å². The molecule has 2 bridgehead atoms. The molecular formula is C18H18F3N7O3. The monoisotopic (exact) mass is 437 g/mol. The van der Waals surface area contributed by atoms with E-state index in [0.717, 1.165) is 6.07 Å². The van der Waals surface area contributed by atoms with Crippen LogP contribution in [0.4, 0.5) is 35.3 Å². The highest BCUT2D eigenvalue weighted by Gasteiger charge is 2.40. The Hall–Kier alpha value is -3.64. The molecule has 164 valence electrons. The number of anilines is 3. The number of pyridine rings is 1. The molecule has 1 fully saturated rings. The van der Waals surface area contributed by atoms with Gasteiger partial charge in [0.05, 0.1) is 18.1 Å². The third-order valence-electron chi connectivity index (χ3n) is 5.07. The van der Waals surface area contributed by atoms with E-state index in [-0.39, 0.29) is 28.9 Å². The summed E-state index contributed by atoms with van der Waals surface area (Å²) in [6, 6.07) is 3.19. The lowest BCUT2D eigenvalue weighted by Gasteiger charge is -2.35. The molecule has 2 N–H and O–H groups in total. The van der Waals surface area contributed by atoms with Crippen molar-refractivity contribution in [3.63, 3.8) is 0 Å². The second kappa shape index (κ2) is 7.56. The molecule has 31 heavy (non-hydrogen) atoms. The number of rotatable bonds is 3. The number of urea groups is 1. The van der Waals surface area contributed by atoms with Crippen LogP contribution in [-0.4, -0.2) is 58.3 Å². The van der Waals surface area contributed by atoms with Gasteiger partial charge in [0.15, 0.2) is 5.82 Å². The number of aryl methyl sites for hydroxylation is 1. The fourth-order valence-electron chi connectivity index (χ4n) is 3.57. The van der Waals surface area contributed by atoms with Gasteiger partial charge in [0.25, 0.3) is 11.5 Å². The number of aromatic nitrogens is 3. The van der Waals surface area contributed by atoms with Crippen LogP contribution in [0.15, 0.2) is 29.3 Å². The summed E-state index contributed by atoms with van der Waals surface area (Å²) < 4.78 is 38.5. The molecule has 0 unspecified atom stereocenters. The predicted octanol–water partition coefficient (Wildman–Crippen LogP) is 1.10. The number of nitrogens with one attached hydrogen (secondary N) is 2. The van der Waals surface area contributed by atoms with E-state index in [9.17, 15) is 27.6 Å². The van der Waals surface area contributed by atoms with Crippen molar-refractivity contribution in [3.05, 3.63) is 40.6 Å². The maximum Gasteiger partial charge on any atom is 0.405 e. The summed E-state index contributed by atoms with van der Waals surface area (Å²) in [5.74, 6) is -0.787. The number of alkyl halides is 3. The standard InChI is InChI=1S/C18H18F3N7O3/c1-26-9-23-13(6-14(26)29)25-17(31)28-10-4-5-27(7-10)12-3-2-11(24-15(12)28)16(30)22-8-18(19,20)21/h2-3,6,9-10H,4-5,7-8H2,1H3,(H,22,30)(H,25,31)/t10-/m0/s1. The summed E-state index contributed by atoms with van der Waals surface area (Å²) in [5.41, 5.74) is -0.0126. The number of carbonyl (C=O) groups excluding carboxylic acids is 2. The van der Waals surface area contributed by atoms with E-state index in [4.69, 9.17) is 0 Å². The van der Waals surface area contributed by atoms with Crippen molar-refractivity contribution < 1.29 is 22.8 Å². The molecule has 0 radical (unpaired) electrons. The highest BCUT2D eigenvalue weighted by Crippen LogP contribution is 2.39. The van der Waals surface area contributed by atoms with Gasteiger partial charge in [0.2, 0.25) is 0 Å². The first-order chi connectivity index (χ1) is 14.6. The summed E-state index contributed by atoms with van der Waals surface area (Å²) in [6.07, 6.45) is -2.65. The maximum atomic E-state index is 13.0. The Balaban J connectivity index is 1.62. The highest BCUT2D eigenvalue weighted by molar-refractivity contribution is 6.05. The third-order valence-corrected chi connectivity index (χ3v) is 5.07. The fourth-order valence-corrected chi connectivity index (χ4v) is 3.57. The second-order valence-corrected chi connectivity index (χ2v) is 7.25. The van der Waals surface area contributed by atoms with Crippen molar-refractivity contribution in [1.29, 1.82) is 0 Å². The van der Waals surface area contributed by atoms with Crippen LogP contribution < -0.4 is 26.0 Å². The molecule has 0 aromatic carbocycles. The van der Waals surface area contributed by atoms with E-state index in [1.807, 2.05) is 4.90 Å². The van der Waals surface area contributed by atoms with Gasteiger partial charge in [0, 0.05) is 26.2 Å². The predicted molar refractivity (Wildman–Crippen MR) is 104 cm³/mol. The van der Waals surface area contributed by atoms with Crippen LogP contribution in [0.25, 0.3) is 0 Å². The van der Waals surface area contributed by atoms with E-state index < -0.39 is 24.7 Å². The number of hydrogen-bond donors (Lipinski definition) is 2. The first-order valence-electron chi connectivity index (χ1n) is 9.36. The average molecular weight is 437 g/mol. The van der Waals surface area contributed by atoms with Gasteiger partial charge in [0.1, 0.15) is 18.1 Å². The van der Waals surface area contributed by atoms with Gasteiger partial charge in [-0.1, -0.05) is 0 Å². The van der Waals surface area contributed by atoms with Crippen LogP contribution in [0, 0.1) is 0 Å². The first-order valence-corrected chi connectivity index (χ1v) is 9.36. The normalized spacial score (nSPS) is 17.4. The van der Waals surface area contributed by atoms with E-state index in [1.165, 1.54) is 28.9 Å². The molecule has 0 spiro atoms. The minimum atomic E-state index is -4.56. The molecule has 2 aliphatic heterocycles. The van der Waals surface area contributed by atoms with E-state index in [1.54, 1.807) is 11.4 Å². The van der Waals surface area contributed by atoms with Crippen molar-refractivity contribution in [1.82, 2.24) is 19.9 Å². The van der Waals surface area contributed by atoms with Gasteiger partial charge in [-0.3, -0.25) is 19.8 Å². The van der Waals surface area contributed by atoms with Gasteiger partial charge in [-0.15, -0.1) is 0 Å². The van der Waals surface area contributed by atoms with Gasteiger partial charge >= 0.3 is 12.2 Å². The van der Waals surface area contributed by atoms with Crippen molar-refractivity contribution >= 4 is 29.3 Å². The van der Waals surface area contributed by atoms with Crippen LogP contribution in [0.2, 0.25) is 0 Å². The Morgan fingerprint density at radius 1 is 1.29 bits per heavy atom. The van der Waals surface area contributed by atoms with Crippen LogP contribution >= 0.6 is 0 Å². The number of fused-ring (bicyclic) bond motifs is 4. The number of carbonyl (C=O) groups is 2. The molecular weight excluding hydrogens is 419 g/mol. The zero-order valence-electron chi connectivity index (χ0n) is 16.3. The van der Waals surface area contributed by atoms with E-state index >= 15 is 0 Å². The molecule has 4 rings (SSSR count). The first kappa shape index (κ1) is 20.6. The molecule has 3 amide bonds. The topological polar surface area (TPSA) is 112 Å². The van der Waals surface area contributed by atoms with Gasteiger partial charge in [-0.25, -0.2) is 14.8 Å². The van der Waals surface area contributed by atoms with Crippen LogP contribution in [0.1, 0.15) is 16.9 Å². The zero-order valence-corrected chi connectivity index (χ0v) is 16.3. The van der Waals surface area contributed by atoms with E-state index in [0.29, 0.717) is 25.2 Å². The average Bonchev–Trinajstić information content (AvgIpc) is 3.12. The van der Waals surface area contributed by atoms with Crippen molar-refractivity contribution in [2.75, 3.05) is 34.8 Å². The van der Waals surface area contributed by atoms with Gasteiger partial charge < -0.3 is 14.8 Å². The lowest BCUT2D eigenvalue weighted by molar-refractivity contribution is -0.123. The van der Waals surface area contributed by atoms with Crippen LogP contribution in [0.3, 0.4) is 0 Å². The minimum Gasteiger partial charge on any atom is -0.366 e. The Morgan fingerprint density at radius 3 is 2.77 bits per heavy atom. The summed E-state index contributed by atoms with van der Waals surface area (Å²) in [5, 5.41) is 4.32. The summed E-state index contributed by atoms with van der Waals surface area (Å²) in [7, 11) is 1.52. The summed E-state index contributed by atoms with van der Waals surface area (Å²) in [6.45, 7) is -0.281. The molecule has 2 aromatic rings. The number of nitrogens with zero attached hydrogens (tertiary/aromatic N) is 5. The van der Waals surface area contributed by atoms with Crippen molar-refractivity contribution in [3.8, 4) is 0 Å². The highest BCUT2D eigenvalue weighted by atomic mass is 19.4. The maximum absolute atomic E-state index is 13.0. The lowest BCUT2D eigenvalue weighted by Crippen LogP contribution is -2.48. The molecule has 0 saturated carbocycles. The Morgan fingerprint density at radius 2 is 2.06 bits per heavy atom. The van der Waals surface area contributed by atoms with Crippen LogP contribution in [-0.2, 0) is 7.05 Å². The van der Waals surface area contributed by atoms with Gasteiger partial charge in [-0.05, 0) is 18.6 Å². The minimum absolute atomic E-state index is 0.0501. The lowest BCUT2D eigenvalue weighted by atomic mass is 10.1. The Kier molecular flexibility index (Phi) is 5.03. The van der Waals surface area contributed by atoms with Crippen LogP contribution in [0.5, 0.6) is 0 Å². The summed E-state index contributed by atoms with van der Waals surface area (Å²) in [4.78, 5) is 48.5. The number of amides is 3. The van der Waals surface area contributed by atoms with E-state index in [2.05, 4.69) is 15.3 Å². The molecule has 1 atom stereocenters. The Bertz CT molecular complexity index is 1100. The molecule has 13 heteroatoms. The van der Waals surface area contributed by atoms with Crippen molar-refractivity contribution in [2.45, 2.75) is 18.6 Å². The zero-order chi connectivity index (χ0) is 22.3. The molecule has 10 nitrogen and oxygen atoms in total. The molecule has 0 aliphatic carbocycles. The van der Waals surface area contributed by atoms with Gasteiger partial charge in [-0.2, -0.15) is 13.2 Å². The quantitative estimate of drug-likeness (QED) is 0.744. The number of halogens is 3. The third kappa shape index (κ3) is 4.15. The summed E-state index contributed by atoms with van der Waals surface area (Å²) >= 11 is 0. The van der Waals surface area contributed by atoms with Crippen molar-refractivity contribution in [2.24, 2.45) is 7.05 Å².